The van der Waals surface area contributed by atoms with E-state index in [2.05, 4.69) is 48.0 Å². The Bertz CT molecular complexity index is 789. The van der Waals surface area contributed by atoms with E-state index in [9.17, 15) is 4.79 Å². The van der Waals surface area contributed by atoms with Crippen LogP contribution in [0, 0.1) is 12.8 Å². The van der Waals surface area contributed by atoms with Gasteiger partial charge in [0, 0.05) is 26.3 Å². The number of nitrogens with one attached hydrogen (secondary N) is 1. The van der Waals surface area contributed by atoms with Crippen LogP contribution in [0.3, 0.4) is 0 Å². The number of rotatable bonds is 5. The number of hydrogen-bond donors (Lipinski definition) is 3. The molecule has 2 rings (SSSR count). The first-order valence-corrected chi connectivity index (χ1v) is 12.5. The van der Waals surface area contributed by atoms with Gasteiger partial charge in [-0.1, -0.05) is 71.8 Å². The molecule has 0 saturated heterocycles. The number of carbonyl (C=O) groups excluding carboxylic acids is 1. The van der Waals surface area contributed by atoms with E-state index in [1.807, 2.05) is 41.5 Å². The number of aliphatic hydroxyl groups excluding tert-OH is 2. The predicted molar refractivity (Wildman–Crippen MR) is 149 cm³/mol. The summed E-state index contributed by atoms with van der Waals surface area (Å²) in [5.41, 5.74) is 0.749. The van der Waals surface area contributed by atoms with Crippen LogP contribution in [0.5, 0.6) is 0 Å². The summed E-state index contributed by atoms with van der Waals surface area (Å²) in [6.45, 7) is 29.1. The maximum Gasteiger partial charge on any atom is 0.223 e. The van der Waals surface area contributed by atoms with Crippen LogP contribution in [0.25, 0.3) is 11.4 Å². The van der Waals surface area contributed by atoms with E-state index < -0.39 is 6.10 Å². The van der Waals surface area contributed by atoms with Crippen molar-refractivity contribution in [3.63, 3.8) is 0 Å². The summed E-state index contributed by atoms with van der Waals surface area (Å²) in [5, 5.41) is 27.0. The summed E-state index contributed by atoms with van der Waals surface area (Å²) in [6, 6.07) is 0. The Kier molecular flexibility index (Phi) is 29.8. The van der Waals surface area contributed by atoms with Crippen LogP contribution in [0.2, 0.25) is 0 Å². The second-order valence-corrected chi connectivity index (χ2v) is 7.63. The van der Waals surface area contributed by atoms with Crippen molar-refractivity contribution in [1.29, 1.82) is 0 Å². The number of amides is 1. The van der Waals surface area contributed by atoms with Crippen LogP contribution in [0.4, 0.5) is 0 Å². The molecule has 2 aromatic rings. The fraction of sp³-hybridized carbons (Fsp3) is 0.630. The van der Waals surface area contributed by atoms with Crippen molar-refractivity contribution in [1.82, 2.24) is 20.6 Å². The van der Waals surface area contributed by atoms with Crippen molar-refractivity contribution in [3.05, 3.63) is 42.3 Å². The lowest BCUT2D eigenvalue weighted by Crippen LogP contribution is -2.18. The molecule has 0 fully saturated rings. The van der Waals surface area contributed by atoms with Gasteiger partial charge in [0.1, 0.15) is 0 Å². The molecule has 0 aliphatic heterocycles. The lowest BCUT2D eigenvalue weighted by atomic mass is 10.1. The molecule has 0 bridgehead atoms. The second-order valence-electron chi connectivity index (χ2n) is 7.63. The van der Waals surface area contributed by atoms with E-state index in [0.29, 0.717) is 17.5 Å². The van der Waals surface area contributed by atoms with Gasteiger partial charge in [-0.3, -0.25) is 4.79 Å². The van der Waals surface area contributed by atoms with Gasteiger partial charge < -0.3 is 24.6 Å². The van der Waals surface area contributed by atoms with Gasteiger partial charge in [0.05, 0.1) is 23.6 Å². The number of aryl methyl sites for hydroxylation is 1. The molecule has 9 heteroatoms. The summed E-state index contributed by atoms with van der Waals surface area (Å²) < 4.78 is 10.0. The molecule has 9 nitrogen and oxygen atoms in total. The van der Waals surface area contributed by atoms with Crippen molar-refractivity contribution in [3.8, 4) is 11.4 Å². The number of hydrogen-bond acceptors (Lipinski definition) is 8. The first-order chi connectivity index (χ1) is 16.8. The van der Waals surface area contributed by atoms with Crippen LogP contribution < -0.4 is 5.32 Å². The van der Waals surface area contributed by atoms with Crippen molar-refractivity contribution >= 4 is 5.91 Å². The minimum atomic E-state index is -0.537. The maximum atomic E-state index is 9.93. The average molecular weight is 513 g/mol. The zero-order valence-electron chi connectivity index (χ0n) is 24.8. The lowest BCUT2D eigenvalue weighted by Gasteiger charge is -2.00. The molecule has 3 N–H and O–H groups in total. The third-order valence-corrected chi connectivity index (χ3v) is 3.04. The molecule has 2 heterocycles. The van der Waals surface area contributed by atoms with E-state index in [4.69, 9.17) is 19.3 Å². The first kappa shape index (κ1) is 40.2. The number of nitrogens with zero attached hydrogens (tertiary/aromatic N) is 3. The third-order valence-electron chi connectivity index (χ3n) is 3.04. The normalized spacial score (nSPS) is 11.1. The van der Waals surface area contributed by atoms with Crippen molar-refractivity contribution in [2.75, 3.05) is 6.54 Å². The Hall–Kier alpha value is -2.94. The second kappa shape index (κ2) is 26.7. The van der Waals surface area contributed by atoms with E-state index in [1.54, 1.807) is 26.1 Å². The SMILES string of the molecule is C/C(O)=C\C(C)O.C=CC(C)c1oncc1-c1noc(C)n1.CC.CC.CC(C)C.CCNC(C)=O. The summed E-state index contributed by atoms with van der Waals surface area (Å²) in [5.74, 6) is 2.82. The van der Waals surface area contributed by atoms with E-state index >= 15 is 0 Å². The van der Waals surface area contributed by atoms with Crippen LogP contribution >= 0.6 is 0 Å². The Morgan fingerprint density at radius 3 is 1.86 bits per heavy atom. The molecule has 2 aromatic heterocycles. The van der Waals surface area contributed by atoms with Crippen molar-refractivity contribution in [2.24, 2.45) is 5.92 Å². The molecule has 1 amide bonds. The highest BCUT2D eigenvalue weighted by Gasteiger charge is 2.18. The molecule has 36 heavy (non-hydrogen) atoms. The molecule has 0 spiro atoms. The van der Waals surface area contributed by atoms with Crippen LogP contribution in [-0.2, 0) is 4.79 Å². The van der Waals surface area contributed by atoms with E-state index in [0.717, 1.165) is 18.0 Å². The molecular weight excluding hydrogens is 460 g/mol. The van der Waals surface area contributed by atoms with Gasteiger partial charge in [-0.2, -0.15) is 4.98 Å². The highest BCUT2D eigenvalue weighted by Crippen LogP contribution is 2.27. The average Bonchev–Trinajstić information content (AvgIpc) is 3.44. The molecule has 2 atom stereocenters. The smallest absolute Gasteiger partial charge is 0.223 e. The first-order valence-electron chi connectivity index (χ1n) is 12.5. The quantitative estimate of drug-likeness (QED) is 0.287. The standard InChI is InChI=1S/C10H11N3O2.C5H10O2.C4H9NO.C4H10.2C2H6/c1-4-6(2)9-8(5-11-15-9)10-12-7(3)14-13-10;1-4(6)3-5(2)7;1-3-5-4(2)6;1-4(2)3;2*1-2/h4-6H,1H2,2-3H3;3-4,6-7H,1-2H3;3H2,1-2H3,(H,5,6);4H,1-3H3;2*1-2H3/b;5-3+;;;;. The molecule has 0 saturated carbocycles. The summed E-state index contributed by atoms with van der Waals surface area (Å²) in [4.78, 5) is 14.1. The molecule has 0 aliphatic carbocycles. The van der Waals surface area contributed by atoms with Gasteiger partial charge >= 0.3 is 0 Å². The van der Waals surface area contributed by atoms with Crippen molar-refractivity contribution < 1.29 is 24.1 Å². The van der Waals surface area contributed by atoms with Gasteiger partial charge in [-0.25, -0.2) is 0 Å². The molecule has 210 valence electrons. The Morgan fingerprint density at radius 1 is 1.11 bits per heavy atom. The molecular formula is C27H52N4O5. The number of aliphatic hydroxyl groups is 2. The number of allylic oxidation sites excluding steroid dienone is 2. The Morgan fingerprint density at radius 2 is 1.61 bits per heavy atom. The Labute approximate surface area is 219 Å². The molecule has 0 aliphatic rings. The van der Waals surface area contributed by atoms with Crippen LogP contribution in [0.15, 0.2) is 39.7 Å². The number of aromatic nitrogens is 3. The highest BCUT2D eigenvalue weighted by atomic mass is 16.5. The van der Waals surface area contributed by atoms with Crippen molar-refractivity contribution in [2.45, 2.75) is 102 Å². The van der Waals surface area contributed by atoms with Gasteiger partial charge in [-0.15, -0.1) is 6.58 Å². The summed E-state index contributed by atoms with van der Waals surface area (Å²) >= 11 is 0. The summed E-state index contributed by atoms with van der Waals surface area (Å²) in [7, 11) is 0. The van der Waals surface area contributed by atoms with Gasteiger partial charge in [0.2, 0.25) is 17.6 Å². The minimum absolute atomic E-state index is 0.0394. The maximum absolute atomic E-state index is 9.93. The van der Waals surface area contributed by atoms with Gasteiger partial charge in [0.15, 0.2) is 5.76 Å². The van der Waals surface area contributed by atoms with E-state index in [1.165, 1.54) is 19.9 Å². The lowest BCUT2D eigenvalue weighted by molar-refractivity contribution is -0.118. The Balaban J connectivity index is -0.000000206. The molecule has 0 radical (unpaired) electrons. The fourth-order valence-electron chi connectivity index (χ4n) is 1.86. The zero-order chi connectivity index (χ0) is 29.3. The highest BCUT2D eigenvalue weighted by molar-refractivity contribution is 5.72. The minimum Gasteiger partial charge on any atom is -0.513 e. The number of carbonyl (C=O) groups is 1. The predicted octanol–water partition coefficient (Wildman–Crippen LogP) is 7.01. The monoisotopic (exact) mass is 512 g/mol. The fourth-order valence-corrected chi connectivity index (χ4v) is 1.86. The van der Waals surface area contributed by atoms with E-state index in [-0.39, 0.29) is 17.6 Å². The van der Waals surface area contributed by atoms with Crippen LogP contribution in [0.1, 0.15) is 101 Å². The third kappa shape index (κ3) is 25.7. The van der Waals surface area contributed by atoms with Crippen LogP contribution in [-0.4, -0.2) is 44.1 Å². The largest absolute Gasteiger partial charge is 0.513 e. The molecule has 2 unspecified atom stereocenters. The topological polar surface area (TPSA) is 135 Å². The molecule has 0 aromatic carbocycles. The zero-order valence-corrected chi connectivity index (χ0v) is 24.8. The summed E-state index contributed by atoms with van der Waals surface area (Å²) in [6.07, 6.45) is 4.18. The van der Waals surface area contributed by atoms with Gasteiger partial charge in [-0.05, 0) is 32.8 Å². The van der Waals surface area contributed by atoms with Gasteiger partial charge in [0.25, 0.3) is 0 Å².